The van der Waals surface area contributed by atoms with Gasteiger partial charge in [-0.2, -0.15) is 0 Å². The maximum atomic E-state index is 12.4. The number of aryl methyl sites for hydroxylation is 1. The predicted molar refractivity (Wildman–Crippen MR) is 147 cm³/mol. The lowest BCUT2D eigenvalue weighted by Crippen LogP contribution is -2.20. The zero-order valence-corrected chi connectivity index (χ0v) is 23.1. The first-order chi connectivity index (χ1) is 17.4. The molecule has 1 amide bonds. The second-order valence-electron chi connectivity index (χ2n) is 9.35. The quantitative estimate of drug-likeness (QED) is 0.238. The monoisotopic (exact) mass is 511 g/mol. The van der Waals surface area contributed by atoms with Crippen LogP contribution >= 0.6 is 0 Å². The van der Waals surface area contributed by atoms with E-state index in [-0.39, 0.29) is 35.1 Å². The van der Waals surface area contributed by atoms with E-state index in [4.69, 9.17) is 5.21 Å². The molecular weight excluding hydrogens is 470 g/mol. The Morgan fingerprint density at radius 2 is 1.54 bits per heavy atom. The van der Waals surface area contributed by atoms with Gasteiger partial charge in [-0.1, -0.05) is 34.6 Å². The highest BCUT2D eigenvalue weighted by Crippen LogP contribution is 2.21. The van der Waals surface area contributed by atoms with Gasteiger partial charge in [-0.05, 0) is 67.8 Å². The molecule has 0 bridgehead atoms. The summed E-state index contributed by atoms with van der Waals surface area (Å²) in [6, 6.07) is 12.1. The smallest absolute Gasteiger partial charge is 0.255 e. The van der Waals surface area contributed by atoms with Crippen molar-refractivity contribution in [1.29, 1.82) is 0 Å². The molecule has 0 aliphatic heterocycles. The maximum Gasteiger partial charge on any atom is 0.255 e. The number of hydrogen-bond acceptors (Lipinski definition) is 7. The lowest BCUT2D eigenvalue weighted by molar-refractivity contribution is -0.121. The minimum atomic E-state index is -0.237. The van der Waals surface area contributed by atoms with Crippen molar-refractivity contribution in [2.24, 2.45) is 11.8 Å². The molecule has 0 aliphatic carbocycles. The van der Waals surface area contributed by atoms with Crippen LogP contribution in [0, 0.1) is 11.8 Å². The van der Waals surface area contributed by atoms with Crippen molar-refractivity contribution in [3.05, 3.63) is 59.2 Å². The van der Waals surface area contributed by atoms with Gasteiger partial charge in [0.05, 0.1) is 5.69 Å². The van der Waals surface area contributed by atoms with Gasteiger partial charge in [0.15, 0.2) is 5.78 Å². The fraction of sp³-hybridized carbons (Fsp3) is 0.448. The number of hydroxylamine groups is 1. The first kappa shape index (κ1) is 31.7. The zero-order chi connectivity index (χ0) is 28.1. The van der Waals surface area contributed by atoms with Crippen LogP contribution in [0.1, 0.15) is 87.1 Å². The summed E-state index contributed by atoms with van der Waals surface area (Å²) in [4.78, 5) is 46.2. The molecular formula is C29H41N3O5. The molecule has 0 saturated heterocycles. The number of hydrazine groups is 1. The highest BCUT2D eigenvalue weighted by molar-refractivity contribution is 6.05. The number of anilines is 2. The molecule has 8 heteroatoms. The normalized spacial score (nSPS) is 11.4. The molecule has 1 atom stereocenters. The van der Waals surface area contributed by atoms with Crippen LogP contribution in [0.2, 0.25) is 0 Å². The van der Waals surface area contributed by atoms with Crippen molar-refractivity contribution < 1.29 is 24.4 Å². The van der Waals surface area contributed by atoms with Crippen LogP contribution in [0.4, 0.5) is 11.4 Å². The summed E-state index contributed by atoms with van der Waals surface area (Å²) in [5, 5.41) is 12.8. The summed E-state index contributed by atoms with van der Waals surface area (Å²) in [5.41, 5.74) is 6.14. The summed E-state index contributed by atoms with van der Waals surface area (Å²) in [5.74, 6) is 0.277. The largest absolute Gasteiger partial charge is 0.322 e. The van der Waals surface area contributed by atoms with Crippen molar-refractivity contribution in [3.63, 3.8) is 0 Å². The Morgan fingerprint density at radius 3 is 2.03 bits per heavy atom. The average molecular weight is 512 g/mol. The van der Waals surface area contributed by atoms with Gasteiger partial charge in [-0.15, -0.1) is 5.17 Å². The lowest BCUT2D eigenvalue weighted by Gasteiger charge is -2.13. The SMILES string of the molecule is CCC(=O)CCC(C)C(C)=O.CCc1cc(NC(=O)c2ccc(NN(C)O)cc2)ccc1C(=O)C(C)C. The number of ketones is 3. The Bertz CT molecular complexity index is 1060. The Hall–Kier alpha value is -3.36. The summed E-state index contributed by atoms with van der Waals surface area (Å²) in [6.45, 7) is 11.0. The second kappa shape index (κ2) is 15.7. The van der Waals surface area contributed by atoms with Crippen LogP contribution in [-0.2, 0) is 16.0 Å². The Morgan fingerprint density at radius 1 is 0.946 bits per heavy atom. The number of amides is 1. The number of carbonyl (C=O) groups excluding carboxylic acids is 4. The van der Waals surface area contributed by atoms with Crippen LogP contribution in [0.25, 0.3) is 0 Å². The van der Waals surface area contributed by atoms with Gasteiger partial charge >= 0.3 is 0 Å². The number of hydrogen-bond donors (Lipinski definition) is 3. The zero-order valence-electron chi connectivity index (χ0n) is 23.1. The number of benzene rings is 2. The van der Waals surface area contributed by atoms with Crippen molar-refractivity contribution in [2.75, 3.05) is 17.8 Å². The average Bonchev–Trinajstić information content (AvgIpc) is 2.86. The molecule has 1 unspecified atom stereocenters. The third-order valence-corrected chi connectivity index (χ3v) is 5.92. The Labute approximate surface area is 220 Å². The van der Waals surface area contributed by atoms with Crippen molar-refractivity contribution in [3.8, 4) is 0 Å². The van der Waals surface area contributed by atoms with Crippen LogP contribution in [0.3, 0.4) is 0 Å². The van der Waals surface area contributed by atoms with Crippen LogP contribution in [-0.4, -0.2) is 40.7 Å². The van der Waals surface area contributed by atoms with Gasteiger partial charge in [-0.25, -0.2) is 0 Å². The van der Waals surface area contributed by atoms with Crippen molar-refractivity contribution in [2.45, 2.75) is 67.2 Å². The van der Waals surface area contributed by atoms with Crippen LogP contribution in [0.5, 0.6) is 0 Å². The molecule has 0 saturated carbocycles. The van der Waals surface area contributed by atoms with E-state index >= 15 is 0 Å². The second-order valence-corrected chi connectivity index (χ2v) is 9.35. The van der Waals surface area contributed by atoms with Crippen molar-refractivity contribution >= 4 is 34.6 Å². The fourth-order valence-electron chi connectivity index (χ4n) is 3.36. The summed E-state index contributed by atoms with van der Waals surface area (Å²) >= 11 is 0. The molecule has 37 heavy (non-hydrogen) atoms. The molecule has 3 N–H and O–H groups in total. The van der Waals surface area contributed by atoms with E-state index in [1.165, 1.54) is 7.05 Å². The first-order valence-electron chi connectivity index (χ1n) is 12.7. The minimum absolute atomic E-state index is 0.0468. The summed E-state index contributed by atoms with van der Waals surface area (Å²) < 4.78 is 0. The van der Waals surface area contributed by atoms with Crippen LogP contribution in [0.15, 0.2) is 42.5 Å². The molecule has 2 aromatic rings. The van der Waals surface area contributed by atoms with E-state index in [0.717, 1.165) is 10.7 Å². The van der Waals surface area contributed by atoms with Gasteiger partial charge < -0.3 is 5.32 Å². The minimum Gasteiger partial charge on any atom is -0.322 e. The fourth-order valence-corrected chi connectivity index (χ4v) is 3.36. The molecule has 2 rings (SSSR count). The number of carbonyl (C=O) groups is 4. The summed E-state index contributed by atoms with van der Waals surface area (Å²) in [7, 11) is 1.46. The van der Waals surface area contributed by atoms with E-state index in [1.54, 1.807) is 43.3 Å². The number of nitrogens with zero attached hydrogens (tertiary/aromatic N) is 1. The third kappa shape index (κ3) is 11.1. The molecule has 202 valence electrons. The van der Waals surface area contributed by atoms with E-state index in [9.17, 15) is 19.2 Å². The first-order valence-corrected chi connectivity index (χ1v) is 12.7. The highest BCUT2D eigenvalue weighted by Gasteiger charge is 2.15. The van der Waals surface area contributed by atoms with Gasteiger partial charge in [0.25, 0.3) is 5.91 Å². The van der Waals surface area contributed by atoms with Crippen molar-refractivity contribution in [1.82, 2.24) is 5.17 Å². The predicted octanol–water partition coefficient (Wildman–Crippen LogP) is 5.96. The van der Waals surface area contributed by atoms with Gasteiger partial charge in [0.1, 0.15) is 11.6 Å². The molecule has 0 radical (unpaired) electrons. The standard InChI is InChI=1S/C20H25N3O3.C9H16O2/c1-5-14-12-17(10-11-18(14)19(24)13(2)3)21-20(25)15-6-8-16(9-7-15)22-23(4)26;1-4-9(11)6-5-7(2)8(3)10/h6-13,22,26H,5H2,1-4H3,(H,21,25);7H,4-6H2,1-3H3. The highest BCUT2D eigenvalue weighted by atomic mass is 16.5. The maximum absolute atomic E-state index is 12.4. The van der Waals surface area contributed by atoms with E-state index in [2.05, 4.69) is 10.7 Å². The molecule has 0 aromatic heterocycles. The van der Waals surface area contributed by atoms with Gasteiger partial charge in [-0.3, -0.25) is 29.8 Å². The molecule has 8 nitrogen and oxygen atoms in total. The molecule has 0 aliphatic rings. The van der Waals surface area contributed by atoms with Crippen LogP contribution < -0.4 is 10.7 Å². The number of nitrogens with one attached hydrogen (secondary N) is 2. The molecule has 0 heterocycles. The topological polar surface area (TPSA) is 116 Å². The lowest BCUT2D eigenvalue weighted by atomic mass is 9.94. The molecule has 0 spiro atoms. The van der Waals surface area contributed by atoms with Gasteiger partial charge in [0.2, 0.25) is 0 Å². The summed E-state index contributed by atoms with van der Waals surface area (Å²) in [6.07, 6.45) is 2.57. The Kier molecular flexibility index (Phi) is 13.4. The number of rotatable bonds is 12. The number of Topliss-reactive ketones (excluding diaryl/α,β-unsaturated/α-hetero) is 3. The molecule has 2 aromatic carbocycles. The Balaban J connectivity index is 0.000000525. The third-order valence-electron chi connectivity index (χ3n) is 5.92. The van der Waals surface area contributed by atoms with E-state index in [1.807, 2.05) is 40.7 Å². The molecule has 0 fully saturated rings. The van der Waals surface area contributed by atoms with Gasteiger partial charge in [0, 0.05) is 48.5 Å². The van der Waals surface area contributed by atoms with E-state index < -0.39 is 0 Å². The van der Waals surface area contributed by atoms with E-state index in [0.29, 0.717) is 48.2 Å².